The van der Waals surface area contributed by atoms with Crippen molar-refractivity contribution in [3.8, 4) is 17.6 Å². The Morgan fingerprint density at radius 1 is 1.37 bits per heavy atom. The number of nitriles is 1. The topological polar surface area (TPSA) is 85.4 Å². The first-order chi connectivity index (χ1) is 12.9. The van der Waals surface area contributed by atoms with Crippen molar-refractivity contribution in [3.63, 3.8) is 0 Å². The number of benzene rings is 2. The molecule has 0 N–H and O–H groups in total. The van der Waals surface area contributed by atoms with Crippen molar-refractivity contribution in [2.75, 3.05) is 7.11 Å². The summed E-state index contributed by atoms with van der Waals surface area (Å²) in [5.74, 6) is 1.16. The predicted molar refractivity (Wildman–Crippen MR) is 108 cm³/mol. The van der Waals surface area contributed by atoms with Gasteiger partial charge in [0.05, 0.1) is 34.3 Å². The summed E-state index contributed by atoms with van der Waals surface area (Å²) in [6.45, 7) is 4.01. The van der Waals surface area contributed by atoms with Crippen LogP contribution in [-0.4, -0.2) is 18.1 Å². The van der Waals surface area contributed by atoms with Gasteiger partial charge in [-0.25, -0.2) is 0 Å². The second-order valence-corrected chi connectivity index (χ2v) is 6.70. The van der Waals surface area contributed by atoms with Crippen LogP contribution in [0.3, 0.4) is 0 Å². The number of allylic oxidation sites excluding steroid dienone is 1. The number of non-ortho nitro benzene ring substituents is 1. The Kier molecular flexibility index (Phi) is 6.97. The molecule has 0 unspecified atom stereocenters. The molecule has 0 aliphatic heterocycles. The fourth-order valence-electron chi connectivity index (χ4n) is 2.33. The summed E-state index contributed by atoms with van der Waals surface area (Å²) in [4.78, 5) is 10.3. The van der Waals surface area contributed by atoms with Gasteiger partial charge in [-0.3, -0.25) is 10.1 Å². The van der Waals surface area contributed by atoms with E-state index in [9.17, 15) is 15.4 Å². The minimum absolute atomic E-state index is 0.0213. The lowest BCUT2D eigenvalue weighted by molar-refractivity contribution is -0.384. The van der Waals surface area contributed by atoms with E-state index in [1.165, 1.54) is 12.1 Å². The molecule has 0 saturated carbocycles. The van der Waals surface area contributed by atoms with Crippen molar-refractivity contribution in [3.05, 3.63) is 62.1 Å². The fourth-order valence-corrected chi connectivity index (χ4v) is 2.88. The number of nitrogens with zero attached hydrogens (tertiary/aromatic N) is 2. The predicted octanol–water partition coefficient (Wildman–Crippen LogP) is 5.61. The van der Waals surface area contributed by atoms with Crippen molar-refractivity contribution < 1.29 is 14.4 Å². The lowest BCUT2D eigenvalue weighted by atomic mass is 10.0. The van der Waals surface area contributed by atoms with Gasteiger partial charge in [0.2, 0.25) is 0 Å². The second kappa shape index (κ2) is 9.19. The third kappa shape index (κ3) is 5.08. The Morgan fingerprint density at radius 2 is 2.04 bits per heavy atom. The van der Waals surface area contributed by atoms with Gasteiger partial charge in [-0.2, -0.15) is 5.26 Å². The third-order valence-electron chi connectivity index (χ3n) is 3.97. The Morgan fingerprint density at radius 3 is 2.56 bits per heavy atom. The molecule has 6 nitrogen and oxygen atoms in total. The lowest BCUT2D eigenvalue weighted by Gasteiger charge is -2.17. The molecular formula is C20H19BrN2O4. The van der Waals surface area contributed by atoms with Crippen LogP contribution < -0.4 is 9.47 Å². The second-order valence-electron chi connectivity index (χ2n) is 5.84. The summed E-state index contributed by atoms with van der Waals surface area (Å²) in [6, 6.07) is 11.6. The van der Waals surface area contributed by atoms with Gasteiger partial charge in [0, 0.05) is 12.1 Å². The molecular weight excluding hydrogens is 412 g/mol. The summed E-state index contributed by atoms with van der Waals surface area (Å²) in [6.07, 6.45) is 2.59. The van der Waals surface area contributed by atoms with Gasteiger partial charge in [0.15, 0.2) is 11.5 Å². The highest BCUT2D eigenvalue weighted by Gasteiger charge is 2.14. The minimum atomic E-state index is -0.475. The first-order valence-electron chi connectivity index (χ1n) is 8.30. The molecule has 0 heterocycles. The molecule has 7 heteroatoms. The number of nitro benzene ring substituents is 1. The van der Waals surface area contributed by atoms with E-state index in [0.717, 1.165) is 16.5 Å². The molecule has 0 bridgehead atoms. The SMILES string of the molecule is CC[C@@H](C)Oc1c(Br)cc(/C=C(\C#N)c2ccc([N+](=O)[O-])cc2)cc1OC. The Labute approximate surface area is 166 Å². The molecule has 0 spiro atoms. The Balaban J connectivity index is 2.42. The van der Waals surface area contributed by atoms with Gasteiger partial charge < -0.3 is 9.47 Å². The number of hydrogen-bond acceptors (Lipinski definition) is 5. The molecule has 0 saturated heterocycles. The van der Waals surface area contributed by atoms with Crippen LogP contribution in [0, 0.1) is 21.4 Å². The highest BCUT2D eigenvalue weighted by Crippen LogP contribution is 2.38. The van der Waals surface area contributed by atoms with Crippen molar-refractivity contribution in [2.24, 2.45) is 0 Å². The third-order valence-corrected chi connectivity index (χ3v) is 4.56. The van der Waals surface area contributed by atoms with Crippen LogP contribution in [0.2, 0.25) is 0 Å². The Bertz CT molecular complexity index is 901. The van der Waals surface area contributed by atoms with Gasteiger partial charge in [-0.1, -0.05) is 6.92 Å². The quantitative estimate of drug-likeness (QED) is 0.246. The zero-order valence-electron chi connectivity index (χ0n) is 15.2. The number of ether oxygens (including phenoxy) is 2. The number of halogens is 1. The van der Waals surface area contributed by atoms with Crippen molar-refractivity contribution >= 4 is 33.3 Å². The first kappa shape index (κ1) is 20.5. The van der Waals surface area contributed by atoms with E-state index in [2.05, 4.69) is 22.0 Å². The molecule has 27 heavy (non-hydrogen) atoms. The number of nitro groups is 1. The zero-order valence-corrected chi connectivity index (χ0v) is 16.8. The lowest BCUT2D eigenvalue weighted by Crippen LogP contribution is -2.11. The van der Waals surface area contributed by atoms with Crippen molar-refractivity contribution in [1.29, 1.82) is 5.26 Å². The average molecular weight is 431 g/mol. The van der Waals surface area contributed by atoms with Crippen LogP contribution in [0.1, 0.15) is 31.4 Å². The standard InChI is InChI=1S/C20H19BrN2O4/c1-4-13(2)27-20-18(21)10-14(11-19(20)26-3)9-16(12-22)15-5-7-17(8-6-15)23(24)25/h5-11,13H,4H2,1-3H3/b16-9+/t13-/m1/s1. The van der Waals surface area contributed by atoms with Crippen LogP contribution in [0.15, 0.2) is 40.9 Å². The maximum Gasteiger partial charge on any atom is 0.269 e. The molecule has 0 aliphatic rings. The van der Waals surface area contributed by atoms with Gasteiger partial charge in [0.1, 0.15) is 0 Å². The molecule has 2 aromatic carbocycles. The number of rotatable bonds is 7. The van der Waals surface area contributed by atoms with Crippen LogP contribution in [0.4, 0.5) is 5.69 Å². The summed E-state index contributed by atoms with van der Waals surface area (Å²) >= 11 is 3.50. The van der Waals surface area contributed by atoms with E-state index in [1.54, 1.807) is 31.4 Å². The molecule has 0 fully saturated rings. The van der Waals surface area contributed by atoms with E-state index in [0.29, 0.717) is 22.6 Å². The summed E-state index contributed by atoms with van der Waals surface area (Å²) in [7, 11) is 1.56. The Hall–Kier alpha value is -2.85. The fraction of sp³-hybridized carbons (Fsp3) is 0.250. The normalized spacial score (nSPS) is 12.2. The minimum Gasteiger partial charge on any atom is -0.493 e. The monoisotopic (exact) mass is 430 g/mol. The van der Waals surface area contributed by atoms with Gasteiger partial charge >= 0.3 is 0 Å². The first-order valence-corrected chi connectivity index (χ1v) is 9.09. The van der Waals surface area contributed by atoms with E-state index in [-0.39, 0.29) is 11.8 Å². The highest BCUT2D eigenvalue weighted by atomic mass is 79.9. The van der Waals surface area contributed by atoms with Gasteiger partial charge in [0.25, 0.3) is 5.69 Å². The average Bonchev–Trinajstić information content (AvgIpc) is 2.67. The zero-order chi connectivity index (χ0) is 20.0. The molecule has 0 amide bonds. The van der Waals surface area contributed by atoms with Crippen molar-refractivity contribution in [1.82, 2.24) is 0 Å². The van der Waals surface area contributed by atoms with Crippen molar-refractivity contribution in [2.45, 2.75) is 26.4 Å². The highest BCUT2D eigenvalue weighted by molar-refractivity contribution is 9.10. The van der Waals surface area contributed by atoms with E-state index in [1.807, 2.05) is 19.9 Å². The van der Waals surface area contributed by atoms with E-state index >= 15 is 0 Å². The van der Waals surface area contributed by atoms with E-state index < -0.39 is 4.92 Å². The maximum atomic E-state index is 10.8. The smallest absolute Gasteiger partial charge is 0.269 e. The van der Waals surface area contributed by atoms with E-state index in [4.69, 9.17) is 9.47 Å². The molecule has 0 radical (unpaired) electrons. The molecule has 140 valence electrons. The number of methoxy groups -OCH3 is 1. The van der Waals surface area contributed by atoms with Gasteiger partial charge in [-0.05, 0) is 70.7 Å². The summed E-state index contributed by atoms with van der Waals surface area (Å²) in [5, 5.41) is 20.3. The van der Waals surface area contributed by atoms with Crippen LogP contribution in [0.5, 0.6) is 11.5 Å². The molecule has 0 aromatic heterocycles. The van der Waals surface area contributed by atoms with Gasteiger partial charge in [-0.15, -0.1) is 0 Å². The molecule has 0 aliphatic carbocycles. The van der Waals surface area contributed by atoms with Crippen LogP contribution in [-0.2, 0) is 0 Å². The molecule has 2 rings (SSSR count). The van der Waals surface area contributed by atoms with Crippen LogP contribution in [0.25, 0.3) is 11.6 Å². The summed E-state index contributed by atoms with van der Waals surface area (Å²) < 4.78 is 12.1. The molecule has 1 atom stereocenters. The number of hydrogen-bond donors (Lipinski definition) is 0. The summed E-state index contributed by atoms with van der Waals surface area (Å²) in [5.41, 5.74) is 1.70. The van der Waals surface area contributed by atoms with Crippen LogP contribution >= 0.6 is 15.9 Å². The molecule has 2 aromatic rings. The largest absolute Gasteiger partial charge is 0.493 e. The maximum absolute atomic E-state index is 10.8.